The van der Waals surface area contributed by atoms with Crippen molar-refractivity contribution in [2.75, 3.05) is 18.9 Å². The predicted octanol–water partition coefficient (Wildman–Crippen LogP) is 3.14. The summed E-state index contributed by atoms with van der Waals surface area (Å²) in [5.74, 6) is 3.11. The molecule has 2 aromatic rings. The number of benzene rings is 1. The van der Waals surface area contributed by atoms with Crippen LogP contribution in [-0.2, 0) is 0 Å². The van der Waals surface area contributed by atoms with Gasteiger partial charge >= 0.3 is 0 Å². The van der Waals surface area contributed by atoms with E-state index in [1.54, 1.807) is 0 Å². The van der Waals surface area contributed by atoms with Crippen LogP contribution in [0.4, 0.5) is 5.82 Å². The van der Waals surface area contributed by atoms with Crippen LogP contribution in [0.25, 0.3) is 11.4 Å². The van der Waals surface area contributed by atoms with Gasteiger partial charge in [0.1, 0.15) is 19.0 Å². The van der Waals surface area contributed by atoms with E-state index >= 15 is 0 Å². The maximum absolute atomic E-state index is 6.01. The van der Waals surface area contributed by atoms with E-state index in [0.717, 1.165) is 40.1 Å². The van der Waals surface area contributed by atoms with Crippen molar-refractivity contribution in [2.45, 2.75) is 18.8 Å². The van der Waals surface area contributed by atoms with Gasteiger partial charge in [0.2, 0.25) is 0 Å². The smallest absolute Gasteiger partial charge is 0.162 e. The molecule has 2 N–H and O–H groups in total. The van der Waals surface area contributed by atoms with E-state index in [9.17, 15) is 0 Å². The molecular formula is C15H14BrN3O2. The largest absolute Gasteiger partial charge is 0.486 e. The third kappa shape index (κ3) is 2.33. The summed E-state index contributed by atoms with van der Waals surface area (Å²) in [6, 6.07) is 5.74. The van der Waals surface area contributed by atoms with Gasteiger partial charge in [-0.1, -0.05) is 0 Å². The number of nitrogen functional groups attached to an aromatic ring is 1. The average Bonchev–Trinajstić information content (AvgIpc) is 3.34. The van der Waals surface area contributed by atoms with Crippen LogP contribution >= 0.6 is 15.9 Å². The van der Waals surface area contributed by atoms with E-state index in [0.29, 0.717) is 30.8 Å². The minimum absolute atomic E-state index is 0.483. The number of rotatable bonds is 2. The van der Waals surface area contributed by atoms with Crippen molar-refractivity contribution < 1.29 is 9.47 Å². The molecule has 1 aliphatic heterocycles. The minimum Gasteiger partial charge on any atom is -0.486 e. The van der Waals surface area contributed by atoms with Crippen molar-refractivity contribution in [3.05, 3.63) is 28.4 Å². The highest BCUT2D eigenvalue weighted by molar-refractivity contribution is 9.10. The Morgan fingerprint density at radius 1 is 1.10 bits per heavy atom. The van der Waals surface area contributed by atoms with Crippen LogP contribution in [0, 0.1) is 0 Å². The lowest BCUT2D eigenvalue weighted by molar-refractivity contribution is 0.171. The molecule has 21 heavy (non-hydrogen) atoms. The van der Waals surface area contributed by atoms with E-state index in [-0.39, 0.29) is 0 Å². The second-order valence-corrected chi connectivity index (χ2v) is 6.06. The number of ether oxygens (including phenoxy) is 2. The topological polar surface area (TPSA) is 70.3 Å². The highest BCUT2D eigenvalue weighted by Gasteiger charge is 2.29. The summed E-state index contributed by atoms with van der Waals surface area (Å²) in [5.41, 5.74) is 7.90. The Bertz CT molecular complexity index is 716. The summed E-state index contributed by atoms with van der Waals surface area (Å²) >= 11 is 3.49. The molecule has 0 radical (unpaired) electrons. The maximum Gasteiger partial charge on any atom is 0.162 e. The summed E-state index contributed by atoms with van der Waals surface area (Å²) in [4.78, 5) is 9.07. The summed E-state index contributed by atoms with van der Waals surface area (Å²) in [6.07, 6.45) is 2.32. The first-order chi connectivity index (χ1) is 10.2. The van der Waals surface area contributed by atoms with E-state index in [1.807, 2.05) is 18.2 Å². The predicted molar refractivity (Wildman–Crippen MR) is 82.5 cm³/mol. The second-order valence-electron chi connectivity index (χ2n) is 5.26. The number of nitrogens with two attached hydrogens (primary N) is 1. The Balaban J connectivity index is 1.79. The molecule has 6 heteroatoms. The number of hydrogen-bond donors (Lipinski definition) is 1. The van der Waals surface area contributed by atoms with Crippen molar-refractivity contribution >= 4 is 21.7 Å². The molecule has 1 aromatic heterocycles. The Morgan fingerprint density at radius 3 is 2.62 bits per heavy atom. The third-order valence-corrected chi connectivity index (χ3v) is 4.48. The molecule has 5 nitrogen and oxygen atoms in total. The monoisotopic (exact) mass is 347 g/mol. The first-order valence-corrected chi connectivity index (χ1v) is 7.74. The third-order valence-electron chi connectivity index (χ3n) is 3.67. The van der Waals surface area contributed by atoms with Gasteiger partial charge in [0.15, 0.2) is 17.3 Å². The normalized spacial score (nSPS) is 16.8. The van der Waals surface area contributed by atoms with Crippen molar-refractivity contribution in [1.29, 1.82) is 0 Å². The van der Waals surface area contributed by atoms with Gasteiger partial charge in [-0.15, -0.1) is 0 Å². The number of nitrogens with zero attached hydrogens (tertiary/aromatic N) is 2. The zero-order valence-electron chi connectivity index (χ0n) is 11.3. The van der Waals surface area contributed by atoms with Crippen molar-refractivity contribution in [1.82, 2.24) is 9.97 Å². The van der Waals surface area contributed by atoms with E-state index < -0.39 is 0 Å². The van der Waals surface area contributed by atoms with E-state index in [4.69, 9.17) is 15.2 Å². The lowest BCUT2D eigenvalue weighted by atomic mass is 10.1. The van der Waals surface area contributed by atoms with Gasteiger partial charge < -0.3 is 15.2 Å². The van der Waals surface area contributed by atoms with Gasteiger partial charge in [0.05, 0.1) is 10.2 Å². The maximum atomic E-state index is 6.01. The average molecular weight is 348 g/mol. The molecule has 2 heterocycles. The quantitative estimate of drug-likeness (QED) is 0.903. The summed E-state index contributed by atoms with van der Waals surface area (Å²) in [6.45, 7) is 1.15. The zero-order valence-corrected chi connectivity index (χ0v) is 12.9. The Kier molecular flexibility index (Phi) is 2.99. The number of anilines is 1. The molecule has 0 amide bonds. The van der Waals surface area contributed by atoms with Gasteiger partial charge in [-0.05, 0) is 47.0 Å². The van der Waals surface area contributed by atoms with Crippen molar-refractivity contribution in [3.63, 3.8) is 0 Å². The van der Waals surface area contributed by atoms with E-state index in [2.05, 4.69) is 25.9 Å². The Morgan fingerprint density at radius 2 is 1.86 bits per heavy atom. The molecular weight excluding hydrogens is 334 g/mol. The molecule has 1 fully saturated rings. The molecule has 0 spiro atoms. The molecule has 0 unspecified atom stereocenters. The van der Waals surface area contributed by atoms with Crippen molar-refractivity contribution in [3.8, 4) is 22.9 Å². The van der Waals surface area contributed by atoms with E-state index in [1.165, 1.54) is 0 Å². The van der Waals surface area contributed by atoms with Crippen LogP contribution in [-0.4, -0.2) is 23.2 Å². The number of hydrogen-bond acceptors (Lipinski definition) is 5. The number of halogens is 1. The summed E-state index contributed by atoms with van der Waals surface area (Å²) in [7, 11) is 0. The zero-order chi connectivity index (χ0) is 14.4. The van der Waals surface area contributed by atoms with Gasteiger partial charge in [0.25, 0.3) is 0 Å². The Hall–Kier alpha value is -1.82. The van der Waals surface area contributed by atoms with Gasteiger partial charge in [-0.2, -0.15) is 0 Å². The number of fused-ring (bicyclic) bond motifs is 1. The standard InChI is InChI=1S/C15H14BrN3O2/c16-12-13(8-1-2-8)18-15(19-14(12)17)9-3-4-10-11(7-9)21-6-5-20-10/h3-4,7-8H,1-2,5-6H2,(H2,17,18,19). The summed E-state index contributed by atoms with van der Waals surface area (Å²) in [5, 5.41) is 0. The fraction of sp³-hybridized carbons (Fsp3) is 0.333. The molecule has 1 aromatic carbocycles. The highest BCUT2D eigenvalue weighted by atomic mass is 79.9. The van der Waals surface area contributed by atoms with Crippen molar-refractivity contribution in [2.24, 2.45) is 0 Å². The molecule has 108 valence electrons. The number of aromatic nitrogens is 2. The molecule has 1 aliphatic carbocycles. The molecule has 0 bridgehead atoms. The SMILES string of the molecule is Nc1nc(-c2ccc3c(c2)OCCO3)nc(C2CC2)c1Br. The molecule has 0 atom stereocenters. The lowest BCUT2D eigenvalue weighted by Crippen LogP contribution is -2.15. The van der Waals surface area contributed by atoms with Gasteiger partial charge in [0, 0.05) is 11.5 Å². The first-order valence-electron chi connectivity index (χ1n) is 6.95. The molecule has 2 aliphatic rings. The van der Waals surface area contributed by atoms with Gasteiger partial charge in [-0.3, -0.25) is 0 Å². The summed E-state index contributed by atoms with van der Waals surface area (Å²) < 4.78 is 12.0. The van der Waals surface area contributed by atoms with Gasteiger partial charge in [-0.25, -0.2) is 9.97 Å². The van der Waals surface area contributed by atoms with Crippen LogP contribution < -0.4 is 15.2 Å². The fourth-order valence-electron chi connectivity index (χ4n) is 2.42. The Labute approximate surface area is 130 Å². The lowest BCUT2D eigenvalue weighted by Gasteiger charge is -2.18. The first kappa shape index (κ1) is 12.9. The van der Waals surface area contributed by atoms with Crippen LogP contribution in [0.5, 0.6) is 11.5 Å². The van der Waals surface area contributed by atoms with Crippen LogP contribution in [0.1, 0.15) is 24.5 Å². The van der Waals surface area contributed by atoms with Crippen LogP contribution in [0.15, 0.2) is 22.7 Å². The second kappa shape index (κ2) is 4.87. The van der Waals surface area contributed by atoms with Crippen LogP contribution in [0.2, 0.25) is 0 Å². The molecule has 1 saturated carbocycles. The van der Waals surface area contributed by atoms with Crippen LogP contribution in [0.3, 0.4) is 0 Å². The molecule has 0 saturated heterocycles. The highest BCUT2D eigenvalue weighted by Crippen LogP contribution is 2.44. The minimum atomic E-state index is 0.483. The fourth-order valence-corrected chi connectivity index (χ4v) is 2.92. The molecule has 4 rings (SSSR count).